The molecule has 1 aliphatic rings. The minimum Gasteiger partial charge on any atom is -0.316 e. The predicted octanol–water partition coefficient (Wildman–Crippen LogP) is 1.99. The van der Waals surface area contributed by atoms with Gasteiger partial charge in [0.15, 0.2) is 0 Å². The van der Waals surface area contributed by atoms with E-state index in [1.54, 1.807) is 0 Å². The van der Waals surface area contributed by atoms with Crippen LogP contribution in [0.1, 0.15) is 39.0 Å². The van der Waals surface area contributed by atoms with Crippen LogP contribution in [-0.4, -0.2) is 19.4 Å². The average Bonchev–Trinajstić information content (AvgIpc) is 2.19. The number of rotatable bonds is 5. The van der Waals surface area contributed by atoms with E-state index >= 15 is 0 Å². The molecule has 0 aromatic carbocycles. The number of hydrogen-bond donors (Lipinski definition) is 1. The highest BCUT2D eigenvalue weighted by molar-refractivity contribution is 5.54. The van der Waals surface area contributed by atoms with Crippen molar-refractivity contribution in [2.45, 2.75) is 39.0 Å². The second kappa shape index (κ2) is 6.14. The van der Waals surface area contributed by atoms with Crippen LogP contribution in [0.4, 0.5) is 0 Å². The van der Waals surface area contributed by atoms with E-state index < -0.39 is 0 Å². The molecule has 13 heavy (non-hydrogen) atoms. The SMILES string of the molecule is CCCCCC1CCNCC1C=O. The van der Waals surface area contributed by atoms with Crippen molar-refractivity contribution in [1.82, 2.24) is 5.32 Å². The summed E-state index contributed by atoms with van der Waals surface area (Å²) >= 11 is 0. The second-order valence-corrected chi connectivity index (χ2v) is 4.05. The lowest BCUT2D eigenvalue weighted by Gasteiger charge is -2.28. The lowest BCUT2D eigenvalue weighted by molar-refractivity contribution is -0.113. The Morgan fingerprint density at radius 2 is 2.31 bits per heavy atom. The third-order valence-corrected chi connectivity index (χ3v) is 3.03. The highest BCUT2D eigenvalue weighted by Crippen LogP contribution is 2.23. The maximum atomic E-state index is 10.8. The molecule has 2 atom stereocenters. The molecule has 1 heterocycles. The third kappa shape index (κ3) is 3.47. The molecule has 0 aliphatic carbocycles. The Balaban J connectivity index is 2.23. The molecule has 2 heteroatoms. The number of aldehydes is 1. The fraction of sp³-hybridized carbons (Fsp3) is 0.909. The van der Waals surface area contributed by atoms with E-state index in [0.717, 1.165) is 19.4 Å². The van der Waals surface area contributed by atoms with Crippen LogP contribution in [0.2, 0.25) is 0 Å². The van der Waals surface area contributed by atoms with Crippen molar-refractivity contribution < 1.29 is 4.79 Å². The number of nitrogens with one attached hydrogen (secondary N) is 1. The minimum absolute atomic E-state index is 0.283. The molecule has 0 amide bonds. The Hall–Kier alpha value is -0.370. The maximum absolute atomic E-state index is 10.8. The summed E-state index contributed by atoms with van der Waals surface area (Å²) in [6, 6.07) is 0. The van der Waals surface area contributed by atoms with Crippen molar-refractivity contribution in [1.29, 1.82) is 0 Å². The normalized spacial score (nSPS) is 28.7. The van der Waals surface area contributed by atoms with Crippen LogP contribution < -0.4 is 5.32 Å². The van der Waals surface area contributed by atoms with Crippen molar-refractivity contribution >= 4 is 6.29 Å². The molecule has 1 N–H and O–H groups in total. The molecule has 0 saturated carbocycles. The van der Waals surface area contributed by atoms with E-state index in [4.69, 9.17) is 0 Å². The number of hydrogen-bond acceptors (Lipinski definition) is 2. The summed E-state index contributed by atoms with van der Waals surface area (Å²) < 4.78 is 0. The van der Waals surface area contributed by atoms with Crippen molar-refractivity contribution in [3.63, 3.8) is 0 Å². The summed E-state index contributed by atoms with van der Waals surface area (Å²) in [6.07, 6.45) is 7.46. The van der Waals surface area contributed by atoms with Gasteiger partial charge in [0.25, 0.3) is 0 Å². The molecule has 1 aliphatic heterocycles. The summed E-state index contributed by atoms with van der Waals surface area (Å²) in [7, 11) is 0. The zero-order chi connectivity index (χ0) is 9.52. The summed E-state index contributed by atoms with van der Waals surface area (Å²) in [6.45, 7) is 4.22. The van der Waals surface area contributed by atoms with E-state index in [1.165, 1.54) is 32.1 Å². The minimum atomic E-state index is 0.283. The third-order valence-electron chi connectivity index (χ3n) is 3.03. The van der Waals surface area contributed by atoms with Crippen molar-refractivity contribution in [2.24, 2.45) is 11.8 Å². The second-order valence-electron chi connectivity index (χ2n) is 4.05. The highest BCUT2D eigenvalue weighted by Gasteiger charge is 2.23. The van der Waals surface area contributed by atoms with Crippen molar-refractivity contribution in [2.75, 3.05) is 13.1 Å². The molecule has 2 unspecified atom stereocenters. The fourth-order valence-electron chi connectivity index (χ4n) is 2.11. The number of piperidine rings is 1. The largest absolute Gasteiger partial charge is 0.316 e. The van der Waals surface area contributed by atoms with E-state index in [-0.39, 0.29) is 5.92 Å². The quantitative estimate of drug-likeness (QED) is 0.521. The van der Waals surface area contributed by atoms with Crippen LogP contribution in [-0.2, 0) is 4.79 Å². The van der Waals surface area contributed by atoms with Gasteiger partial charge in [-0.15, -0.1) is 0 Å². The van der Waals surface area contributed by atoms with Gasteiger partial charge in [-0.05, 0) is 25.3 Å². The molecule has 0 spiro atoms. The van der Waals surface area contributed by atoms with Gasteiger partial charge in [-0.1, -0.05) is 26.2 Å². The van der Waals surface area contributed by atoms with Gasteiger partial charge in [0.1, 0.15) is 6.29 Å². The van der Waals surface area contributed by atoms with Crippen LogP contribution in [0.5, 0.6) is 0 Å². The first kappa shape index (κ1) is 10.7. The Morgan fingerprint density at radius 3 is 3.00 bits per heavy atom. The zero-order valence-corrected chi connectivity index (χ0v) is 8.59. The van der Waals surface area contributed by atoms with Crippen LogP contribution in [0.3, 0.4) is 0 Å². The van der Waals surface area contributed by atoms with E-state index in [0.29, 0.717) is 5.92 Å². The fourth-order valence-corrected chi connectivity index (χ4v) is 2.11. The van der Waals surface area contributed by atoms with E-state index in [2.05, 4.69) is 12.2 Å². The maximum Gasteiger partial charge on any atom is 0.124 e. The molecular formula is C11H21NO. The summed E-state index contributed by atoms with van der Waals surface area (Å²) in [4.78, 5) is 10.8. The smallest absolute Gasteiger partial charge is 0.124 e. The Kier molecular flexibility index (Phi) is 5.06. The summed E-state index contributed by atoms with van der Waals surface area (Å²) in [5.74, 6) is 0.941. The van der Waals surface area contributed by atoms with Gasteiger partial charge in [0, 0.05) is 12.5 Å². The summed E-state index contributed by atoms with van der Waals surface area (Å²) in [5.41, 5.74) is 0. The molecule has 0 bridgehead atoms. The average molecular weight is 183 g/mol. The lowest BCUT2D eigenvalue weighted by atomic mass is 9.83. The highest BCUT2D eigenvalue weighted by atomic mass is 16.1. The number of carbonyl (C=O) groups is 1. The number of carbonyl (C=O) groups excluding carboxylic acids is 1. The van der Waals surface area contributed by atoms with Gasteiger partial charge in [0.05, 0.1) is 0 Å². The first-order valence-corrected chi connectivity index (χ1v) is 5.54. The Morgan fingerprint density at radius 1 is 1.46 bits per heavy atom. The van der Waals surface area contributed by atoms with E-state index in [1.807, 2.05) is 0 Å². The van der Waals surface area contributed by atoms with Crippen LogP contribution in [0, 0.1) is 11.8 Å². The molecule has 1 fully saturated rings. The molecule has 76 valence electrons. The monoisotopic (exact) mass is 183 g/mol. The first-order chi connectivity index (χ1) is 6.38. The Bertz CT molecular complexity index is 147. The lowest BCUT2D eigenvalue weighted by Crippen LogP contribution is -2.37. The van der Waals surface area contributed by atoms with Crippen LogP contribution >= 0.6 is 0 Å². The summed E-state index contributed by atoms with van der Waals surface area (Å²) in [5, 5.41) is 3.27. The molecule has 2 nitrogen and oxygen atoms in total. The molecular weight excluding hydrogens is 162 g/mol. The van der Waals surface area contributed by atoms with Gasteiger partial charge in [0.2, 0.25) is 0 Å². The standard InChI is InChI=1S/C11H21NO/c1-2-3-4-5-10-6-7-12-8-11(10)9-13/h9-12H,2-8H2,1H3. The number of unbranched alkanes of at least 4 members (excludes halogenated alkanes) is 2. The molecule has 1 saturated heterocycles. The predicted molar refractivity (Wildman–Crippen MR) is 54.7 cm³/mol. The van der Waals surface area contributed by atoms with Gasteiger partial charge >= 0.3 is 0 Å². The first-order valence-electron chi connectivity index (χ1n) is 5.54. The van der Waals surface area contributed by atoms with Gasteiger partial charge in [-0.25, -0.2) is 0 Å². The van der Waals surface area contributed by atoms with Gasteiger partial charge in [-0.2, -0.15) is 0 Å². The molecule has 1 rings (SSSR count). The van der Waals surface area contributed by atoms with Gasteiger partial charge in [-0.3, -0.25) is 0 Å². The van der Waals surface area contributed by atoms with E-state index in [9.17, 15) is 4.79 Å². The molecule has 0 aromatic rings. The van der Waals surface area contributed by atoms with Gasteiger partial charge < -0.3 is 10.1 Å². The Labute approximate surface area is 81.1 Å². The zero-order valence-electron chi connectivity index (χ0n) is 8.59. The van der Waals surface area contributed by atoms with Crippen molar-refractivity contribution in [3.05, 3.63) is 0 Å². The molecule has 0 radical (unpaired) electrons. The van der Waals surface area contributed by atoms with Crippen LogP contribution in [0.25, 0.3) is 0 Å². The topological polar surface area (TPSA) is 29.1 Å². The van der Waals surface area contributed by atoms with Crippen LogP contribution in [0.15, 0.2) is 0 Å². The molecule has 0 aromatic heterocycles. The van der Waals surface area contributed by atoms with Crippen molar-refractivity contribution in [3.8, 4) is 0 Å².